The zero-order valence-corrected chi connectivity index (χ0v) is 9.42. The number of aromatic nitrogens is 1. The summed E-state index contributed by atoms with van der Waals surface area (Å²) >= 11 is 0. The normalized spacial score (nSPS) is 14.8. The number of pyridine rings is 1. The van der Waals surface area contributed by atoms with E-state index in [4.69, 9.17) is 11.7 Å². The van der Waals surface area contributed by atoms with E-state index in [0.29, 0.717) is 0 Å². The van der Waals surface area contributed by atoms with Crippen molar-refractivity contribution in [3.05, 3.63) is 34.6 Å². The van der Waals surface area contributed by atoms with E-state index in [1.54, 1.807) is 0 Å². The molecule has 2 atom stereocenters. The summed E-state index contributed by atoms with van der Waals surface area (Å²) in [5, 5.41) is 18.0. The van der Waals surface area contributed by atoms with Crippen LogP contribution in [-0.4, -0.2) is 27.5 Å². The number of hydrogen-bond acceptors (Lipinski definition) is 3. The predicted molar refractivity (Wildman–Crippen MR) is 52.0 cm³/mol. The molecule has 2 N–H and O–H groups in total. The lowest BCUT2D eigenvalue weighted by Crippen LogP contribution is -2.30. The van der Waals surface area contributed by atoms with E-state index in [0.717, 1.165) is 0 Å². The Bertz CT molecular complexity index is 554. The molecular formula is C10H6F6N2O2. The van der Waals surface area contributed by atoms with Gasteiger partial charge in [0.15, 0.2) is 11.9 Å². The van der Waals surface area contributed by atoms with E-state index in [1.165, 1.54) is 0 Å². The average molecular weight is 300 g/mol. The third-order valence-electron chi connectivity index (χ3n) is 2.32. The fourth-order valence-electron chi connectivity index (χ4n) is 1.35. The van der Waals surface area contributed by atoms with Gasteiger partial charge >= 0.3 is 17.9 Å². The summed E-state index contributed by atoms with van der Waals surface area (Å²) < 4.78 is 75.9. The van der Waals surface area contributed by atoms with Crippen LogP contribution in [0.2, 0.25) is 0 Å². The molecule has 0 bridgehead atoms. The Morgan fingerprint density at radius 2 is 1.70 bits per heavy atom. The second-order valence-corrected chi connectivity index (χ2v) is 3.69. The van der Waals surface area contributed by atoms with Gasteiger partial charge in [0.25, 0.3) is 0 Å². The molecule has 1 aromatic heterocycles. The van der Waals surface area contributed by atoms with E-state index < -0.39 is 53.8 Å². The fourth-order valence-corrected chi connectivity index (χ4v) is 1.35. The highest BCUT2D eigenvalue weighted by Crippen LogP contribution is 2.33. The molecule has 0 aromatic carbocycles. The first-order chi connectivity index (χ1) is 9.09. The van der Waals surface area contributed by atoms with Gasteiger partial charge in [-0.2, -0.15) is 22.0 Å². The first-order valence-electron chi connectivity index (χ1n) is 4.94. The van der Waals surface area contributed by atoms with Crippen molar-refractivity contribution in [2.24, 2.45) is 0 Å². The van der Waals surface area contributed by atoms with Crippen molar-refractivity contribution in [1.82, 2.24) is 4.98 Å². The molecular weight excluding hydrogens is 294 g/mol. The van der Waals surface area contributed by atoms with E-state index in [1.807, 2.05) is 0 Å². The molecule has 10 heteroatoms. The Hall–Kier alpha value is -1.86. The number of rotatable bonds is 3. The minimum absolute atomic E-state index is 1.24. The van der Waals surface area contributed by atoms with E-state index in [2.05, 4.69) is 9.83 Å². The molecule has 0 saturated carbocycles. The molecule has 0 saturated heterocycles. The average Bonchev–Trinajstić information content (AvgIpc) is 2.32. The second-order valence-electron chi connectivity index (χ2n) is 3.69. The molecule has 110 valence electrons. The third kappa shape index (κ3) is 3.17. The Balaban J connectivity index is 3.20. The van der Waals surface area contributed by atoms with Gasteiger partial charge in [-0.05, 0) is 0 Å². The molecule has 0 aliphatic heterocycles. The summed E-state index contributed by atoms with van der Waals surface area (Å²) in [6.07, 6.45) is -12.2. The van der Waals surface area contributed by atoms with Crippen LogP contribution in [0, 0.1) is 24.2 Å². The van der Waals surface area contributed by atoms with Crippen molar-refractivity contribution in [3.8, 4) is 0 Å². The minimum atomic E-state index is -5.12. The summed E-state index contributed by atoms with van der Waals surface area (Å²) in [6.45, 7) is 6.45. The standard InChI is InChI=1S/C10H6F6N2O2/c1-17-9-7(12)5(6(11)8(13)18-9)3(19)2-4(20)10(14,15)16/h3-4,19-20H,2H2. The summed E-state index contributed by atoms with van der Waals surface area (Å²) in [6, 6.07) is 0. The molecule has 0 amide bonds. The Morgan fingerprint density at radius 3 is 2.15 bits per heavy atom. The number of aliphatic hydroxyl groups excluding tert-OH is 2. The molecule has 20 heavy (non-hydrogen) atoms. The van der Waals surface area contributed by atoms with Crippen LogP contribution in [0.25, 0.3) is 4.85 Å². The third-order valence-corrected chi connectivity index (χ3v) is 2.32. The highest BCUT2D eigenvalue weighted by molar-refractivity contribution is 5.42. The van der Waals surface area contributed by atoms with Gasteiger partial charge in [-0.1, -0.05) is 11.6 Å². The maximum absolute atomic E-state index is 13.5. The van der Waals surface area contributed by atoms with Gasteiger partial charge in [-0.3, -0.25) is 0 Å². The van der Waals surface area contributed by atoms with Gasteiger partial charge in [-0.15, -0.1) is 0 Å². The Morgan fingerprint density at radius 1 is 1.15 bits per heavy atom. The van der Waals surface area contributed by atoms with Crippen molar-refractivity contribution in [2.75, 3.05) is 0 Å². The number of alkyl halides is 3. The largest absolute Gasteiger partial charge is 0.414 e. The minimum Gasteiger partial charge on any atom is -0.388 e. The van der Waals surface area contributed by atoms with Gasteiger partial charge in [0, 0.05) is 6.42 Å². The topological polar surface area (TPSA) is 57.7 Å². The van der Waals surface area contributed by atoms with Gasteiger partial charge in [0.2, 0.25) is 5.82 Å². The Kier molecular flexibility index (Phi) is 4.57. The smallest absolute Gasteiger partial charge is 0.388 e. The fraction of sp³-hybridized carbons (Fsp3) is 0.400. The van der Waals surface area contributed by atoms with Crippen LogP contribution in [0.1, 0.15) is 18.1 Å². The van der Waals surface area contributed by atoms with Gasteiger partial charge in [0.1, 0.15) is 0 Å². The van der Waals surface area contributed by atoms with E-state index in [9.17, 15) is 31.4 Å². The molecule has 1 rings (SSSR count). The van der Waals surface area contributed by atoms with Crippen LogP contribution in [-0.2, 0) is 0 Å². The van der Waals surface area contributed by atoms with E-state index in [-0.39, 0.29) is 0 Å². The zero-order valence-electron chi connectivity index (χ0n) is 9.42. The molecule has 1 heterocycles. The van der Waals surface area contributed by atoms with Crippen LogP contribution in [0.4, 0.5) is 32.2 Å². The number of hydrogen-bond donors (Lipinski definition) is 2. The van der Waals surface area contributed by atoms with Crippen molar-refractivity contribution in [1.29, 1.82) is 0 Å². The molecule has 0 spiro atoms. The lowest BCUT2D eigenvalue weighted by Gasteiger charge is -2.19. The van der Waals surface area contributed by atoms with Crippen molar-refractivity contribution >= 4 is 5.82 Å². The molecule has 0 aliphatic rings. The maximum atomic E-state index is 13.5. The van der Waals surface area contributed by atoms with Crippen LogP contribution < -0.4 is 0 Å². The first kappa shape index (κ1) is 16.2. The predicted octanol–water partition coefficient (Wildman–Crippen LogP) is 2.40. The summed E-state index contributed by atoms with van der Waals surface area (Å²) in [5.41, 5.74) is -1.48. The highest BCUT2D eigenvalue weighted by atomic mass is 19.4. The highest BCUT2D eigenvalue weighted by Gasteiger charge is 2.41. The summed E-state index contributed by atoms with van der Waals surface area (Å²) in [5.74, 6) is -6.97. The SMILES string of the molecule is [C-]#[N+]c1nc(F)c(F)c(C(O)CC(O)C(F)(F)F)c1F. The lowest BCUT2D eigenvalue weighted by molar-refractivity contribution is -0.211. The van der Waals surface area contributed by atoms with Crippen molar-refractivity contribution in [2.45, 2.75) is 24.8 Å². The van der Waals surface area contributed by atoms with E-state index >= 15 is 0 Å². The monoisotopic (exact) mass is 300 g/mol. The Labute approximate surface area is 108 Å². The van der Waals surface area contributed by atoms with Crippen LogP contribution in [0.5, 0.6) is 0 Å². The zero-order chi connectivity index (χ0) is 15.7. The molecule has 0 fully saturated rings. The second kappa shape index (κ2) is 5.64. The van der Waals surface area contributed by atoms with Crippen LogP contribution >= 0.6 is 0 Å². The van der Waals surface area contributed by atoms with Crippen molar-refractivity contribution in [3.63, 3.8) is 0 Å². The summed E-state index contributed by atoms with van der Waals surface area (Å²) in [4.78, 5) is 5.00. The van der Waals surface area contributed by atoms with Gasteiger partial charge in [0.05, 0.1) is 11.7 Å². The lowest BCUT2D eigenvalue weighted by atomic mass is 10.0. The molecule has 0 aliphatic carbocycles. The van der Waals surface area contributed by atoms with Crippen LogP contribution in [0.15, 0.2) is 0 Å². The molecule has 1 aromatic rings. The van der Waals surface area contributed by atoms with Crippen molar-refractivity contribution < 1.29 is 36.6 Å². The number of aliphatic hydroxyl groups is 2. The maximum Gasteiger partial charge on any atom is 0.414 e. The van der Waals surface area contributed by atoms with Gasteiger partial charge in [-0.25, -0.2) is 4.39 Å². The molecule has 2 unspecified atom stereocenters. The molecule has 4 nitrogen and oxygen atoms in total. The first-order valence-corrected chi connectivity index (χ1v) is 4.94. The van der Waals surface area contributed by atoms with Crippen LogP contribution in [0.3, 0.4) is 0 Å². The van der Waals surface area contributed by atoms with Gasteiger partial charge < -0.3 is 15.1 Å². The summed E-state index contributed by atoms with van der Waals surface area (Å²) in [7, 11) is 0. The number of halogens is 6. The number of nitrogens with zero attached hydrogens (tertiary/aromatic N) is 2. The molecule has 0 radical (unpaired) electrons. The quantitative estimate of drug-likeness (QED) is 0.512.